The van der Waals surface area contributed by atoms with Crippen LogP contribution in [-0.4, -0.2) is 19.5 Å². The molecule has 0 spiro atoms. The van der Waals surface area contributed by atoms with E-state index in [-0.39, 0.29) is 5.91 Å². The summed E-state index contributed by atoms with van der Waals surface area (Å²) in [4.78, 5) is 11.9. The summed E-state index contributed by atoms with van der Waals surface area (Å²) in [7, 11) is 2.00. The molecule has 1 heterocycles. The zero-order chi connectivity index (χ0) is 14.0. The van der Waals surface area contributed by atoms with Gasteiger partial charge in [0.1, 0.15) is 0 Å². The van der Waals surface area contributed by atoms with E-state index in [4.69, 9.17) is 0 Å². The summed E-state index contributed by atoms with van der Waals surface area (Å²) in [5.74, 6) is 0.748. The maximum absolute atomic E-state index is 11.9. The predicted octanol–water partition coefficient (Wildman–Crippen LogP) is 2.70. The van der Waals surface area contributed by atoms with Crippen molar-refractivity contribution in [3.05, 3.63) is 29.3 Å². The molecule has 0 bridgehead atoms. The highest BCUT2D eigenvalue weighted by molar-refractivity contribution is 6.05. The molecule has 0 aliphatic carbocycles. The van der Waals surface area contributed by atoms with Crippen molar-refractivity contribution in [1.82, 2.24) is 5.32 Å². The van der Waals surface area contributed by atoms with Crippen LogP contribution in [0.2, 0.25) is 0 Å². The minimum atomic E-state index is -0.407. The van der Waals surface area contributed by atoms with Gasteiger partial charge in [-0.1, -0.05) is 25.5 Å². The Hall–Kier alpha value is -1.35. The molecule has 1 atom stereocenters. The summed E-state index contributed by atoms with van der Waals surface area (Å²) in [6.45, 7) is 7.24. The molecular weight excluding hydrogens is 236 g/mol. The Bertz CT molecular complexity index is 480. The number of carbonyl (C=O) groups is 1. The largest absolute Gasteiger partial charge is 0.325 e. The molecule has 3 heteroatoms. The van der Waals surface area contributed by atoms with Gasteiger partial charge in [0.15, 0.2) is 0 Å². The molecule has 104 valence electrons. The van der Waals surface area contributed by atoms with Gasteiger partial charge in [-0.3, -0.25) is 4.79 Å². The minimum Gasteiger partial charge on any atom is -0.325 e. The fraction of sp³-hybridized carbons (Fsp3) is 0.562. The first-order chi connectivity index (χ1) is 8.98. The number of anilines is 1. The molecular formula is C16H24N2O. The molecule has 2 N–H and O–H groups in total. The van der Waals surface area contributed by atoms with Crippen LogP contribution in [0.3, 0.4) is 0 Å². The highest BCUT2D eigenvalue weighted by atomic mass is 16.2. The van der Waals surface area contributed by atoms with E-state index >= 15 is 0 Å². The third-order valence-corrected chi connectivity index (χ3v) is 4.17. The van der Waals surface area contributed by atoms with Crippen LogP contribution in [-0.2, 0) is 16.6 Å². The zero-order valence-corrected chi connectivity index (χ0v) is 12.3. The van der Waals surface area contributed by atoms with Crippen LogP contribution in [0.4, 0.5) is 5.69 Å². The quantitative estimate of drug-likeness (QED) is 0.854. The van der Waals surface area contributed by atoms with Crippen molar-refractivity contribution in [2.75, 3.05) is 18.9 Å². The maximum Gasteiger partial charge on any atom is 0.234 e. The van der Waals surface area contributed by atoms with Crippen molar-refractivity contribution in [3.63, 3.8) is 0 Å². The Kier molecular flexibility index (Phi) is 3.95. The van der Waals surface area contributed by atoms with Gasteiger partial charge in [0.2, 0.25) is 5.91 Å². The van der Waals surface area contributed by atoms with E-state index in [1.807, 2.05) is 27.0 Å². The molecule has 1 aromatic carbocycles. The van der Waals surface area contributed by atoms with Crippen LogP contribution in [0.15, 0.2) is 18.2 Å². The lowest BCUT2D eigenvalue weighted by Crippen LogP contribution is -2.27. The average Bonchev–Trinajstić information content (AvgIpc) is 2.60. The second-order valence-corrected chi connectivity index (χ2v) is 6.00. The third-order valence-electron chi connectivity index (χ3n) is 4.17. The van der Waals surface area contributed by atoms with Gasteiger partial charge in [0, 0.05) is 5.69 Å². The van der Waals surface area contributed by atoms with Crippen LogP contribution >= 0.6 is 0 Å². The van der Waals surface area contributed by atoms with E-state index in [1.165, 1.54) is 12.0 Å². The molecule has 0 aromatic heterocycles. The van der Waals surface area contributed by atoms with Gasteiger partial charge in [-0.25, -0.2) is 0 Å². The lowest BCUT2D eigenvalue weighted by molar-refractivity contribution is -0.119. The number of hydrogen-bond donors (Lipinski definition) is 2. The summed E-state index contributed by atoms with van der Waals surface area (Å²) < 4.78 is 0. The Morgan fingerprint density at radius 3 is 2.74 bits per heavy atom. The normalized spacial score (nSPS) is 18.0. The van der Waals surface area contributed by atoms with Gasteiger partial charge in [-0.15, -0.1) is 0 Å². The van der Waals surface area contributed by atoms with E-state index < -0.39 is 5.41 Å². The molecule has 1 aliphatic heterocycles. The molecule has 1 aliphatic rings. The van der Waals surface area contributed by atoms with Crippen LogP contribution in [0.5, 0.6) is 0 Å². The van der Waals surface area contributed by atoms with Crippen molar-refractivity contribution < 1.29 is 4.79 Å². The monoisotopic (exact) mass is 260 g/mol. The maximum atomic E-state index is 11.9. The molecule has 0 saturated carbocycles. The highest BCUT2D eigenvalue weighted by Gasteiger charge is 2.38. The number of hydrogen-bond acceptors (Lipinski definition) is 2. The molecule has 1 aromatic rings. The Morgan fingerprint density at radius 2 is 2.11 bits per heavy atom. The summed E-state index contributed by atoms with van der Waals surface area (Å²) in [5.41, 5.74) is 3.02. The summed E-state index contributed by atoms with van der Waals surface area (Å²) in [6.07, 6.45) is 2.23. The van der Waals surface area contributed by atoms with Gasteiger partial charge >= 0.3 is 0 Å². The standard InChI is InChI=1S/C16H24N2O/c1-5-11(10-17-4)8-12-6-7-14-13(9-12)16(2,3)15(19)18-14/h6-7,9,11,17H,5,8,10H2,1-4H3,(H,18,19). The molecule has 3 nitrogen and oxygen atoms in total. The van der Waals surface area contributed by atoms with Crippen molar-refractivity contribution in [2.45, 2.75) is 39.0 Å². The van der Waals surface area contributed by atoms with E-state index in [0.717, 1.165) is 24.2 Å². The van der Waals surface area contributed by atoms with Crippen LogP contribution < -0.4 is 10.6 Å². The van der Waals surface area contributed by atoms with Gasteiger partial charge in [0.05, 0.1) is 5.41 Å². The fourth-order valence-electron chi connectivity index (χ4n) is 2.73. The predicted molar refractivity (Wildman–Crippen MR) is 79.5 cm³/mol. The number of carbonyl (C=O) groups excluding carboxylic acids is 1. The lowest BCUT2D eigenvalue weighted by Gasteiger charge is -2.18. The Balaban J connectivity index is 2.23. The van der Waals surface area contributed by atoms with Gasteiger partial charge in [0.25, 0.3) is 0 Å². The summed E-state index contributed by atoms with van der Waals surface area (Å²) in [5, 5.41) is 6.20. The summed E-state index contributed by atoms with van der Waals surface area (Å²) >= 11 is 0. The molecule has 0 radical (unpaired) electrons. The smallest absolute Gasteiger partial charge is 0.234 e. The summed E-state index contributed by atoms with van der Waals surface area (Å²) in [6, 6.07) is 6.38. The van der Waals surface area contributed by atoms with Crippen molar-refractivity contribution in [1.29, 1.82) is 0 Å². The van der Waals surface area contributed by atoms with E-state index in [0.29, 0.717) is 5.92 Å². The molecule has 2 rings (SSSR count). The number of amides is 1. The Labute approximate surface area is 115 Å². The highest BCUT2D eigenvalue weighted by Crippen LogP contribution is 2.38. The molecule has 19 heavy (non-hydrogen) atoms. The fourth-order valence-corrected chi connectivity index (χ4v) is 2.73. The van der Waals surface area contributed by atoms with Crippen molar-refractivity contribution >= 4 is 11.6 Å². The molecule has 0 saturated heterocycles. The number of benzene rings is 1. The second-order valence-electron chi connectivity index (χ2n) is 6.00. The first-order valence-electron chi connectivity index (χ1n) is 7.08. The first kappa shape index (κ1) is 14.1. The van der Waals surface area contributed by atoms with Gasteiger partial charge in [-0.05, 0) is 57.0 Å². The van der Waals surface area contributed by atoms with E-state index in [9.17, 15) is 4.79 Å². The van der Waals surface area contributed by atoms with Gasteiger partial charge in [-0.2, -0.15) is 0 Å². The van der Waals surface area contributed by atoms with E-state index in [1.54, 1.807) is 0 Å². The molecule has 1 amide bonds. The second kappa shape index (κ2) is 5.33. The number of nitrogens with one attached hydrogen (secondary N) is 2. The van der Waals surface area contributed by atoms with Crippen molar-refractivity contribution in [2.24, 2.45) is 5.92 Å². The Morgan fingerprint density at radius 1 is 1.37 bits per heavy atom. The average molecular weight is 260 g/mol. The topological polar surface area (TPSA) is 41.1 Å². The van der Waals surface area contributed by atoms with Crippen LogP contribution in [0, 0.1) is 5.92 Å². The first-order valence-corrected chi connectivity index (χ1v) is 7.08. The van der Waals surface area contributed by atoms with E-state index in [2.05, 4.69) is 29.7 Å². The van der Waals surface area contributed by atoms with Gasteiger partial charge < -0.3 is 10.6 Å². The van der Waals surface area contributed by atoms with Crippen LogP contribution in [0.25, 0.3) is 0 Å². The molecule has 1 unspecified atom stereocenters. The zero-order valence-electron chi connectivity index (χ0n) is 12.3. The number of rotatable bonds is 5. The minimum absolute atomic E-state index is 0.0990. The lowest BCUT2D eigenvalue weighted by atomic mass is 9.84. The number of fused-ring (bicyclic) bond motifs is 1. The van der Waals surface area contributed by atoms with Crippen molar-refractivity contribution in [3.8, 4) is 0 Å². The third kappa shape index (κ3) is 2.66. The SMILES string of the molecule is CCC(CNC)Cc1ccc2c(c1)C(C)(C)C(=O)N2. The molecule has 0 fully saturated rings. The van der Waals surface area contributed by atoms with Crippen LogP contribution in [0.1, 0.15) is 38.3 Å².